The molecule has 0 saturated carbocycles. The van der Waals surface area contributed by atoms with Crippen molar-refractivity contribution in [2.24, 2.45) is 5.92 Å². The molecule has 1 unspecified atom stereocenters. The van der Waals surface area contributed by atoms with Crippen LogP contribution in [0.4, 0.5) is 0 Å². The van der Waals surface area contributed by atoms with Crippen LogP contribution in [-0.4, -0.2) is 29.7 Å². The number of hydrogen-bond donors (Lipinski definition) is 0. The zero-order chi connectivity index (χ0) is 15.6. The molecule has 0 N–H and O–H groups in total. The van der Waals surface area contributed by atoms with E-state index < -0.39 is 0 Å². The second-order valence-corrected chi connectivity index (χ2v) is 6.42. The summed E-state index contributed by atoms with van der Waals surface area (Å²) >= 11 is 0. The zero-order valence-electron chi connectivity index (χ0n) is 13.5. The quantitative estimate of drug-likeness (QED) is 0.799. The number of nitrogens with zero attached hydrogens (tertiary/aromatic N) is 1. The number of Topliss-reactive ketones (excluding diaryl/α,β-unsaturated/α-hetero) is 1. The molecule has 0 aliphatic carbocycles. The van der Waals surface area contributed by atoms with Crippen LogP contribution in [0.25, 0.3) is 0 Å². The Labute approximate surface area is 127 Å². The maximum Gasteiger partial charge on any atom is 0.222 e. The molecule has 0 aromatic heterocycles. The summed E-state index contributed by atoms with van der Waals surface area (Å²) < 4.78 is 0. The molecule has 3 heteroatoms. The third-order valence-corrected chi connectivity index (χ3v) is 4.57. The molecule has 0 spiro atoms. The average molecular weight is 287 g/mol. The fraction of sp³-hybridized carbons (Fsp3) is 0.556. The Morgan fingerprint density at radius 1 is 1.14 bits per heavy atom. The van der Waals surface area contributed by atoms with E-state index in [0.717, 1.165) is 29.5 Å². The normalized spacial score (nSPS) is 19.5. The van der Waals surface area contributed by atoms with Crippen molar-refractivity contribution in [3.8, 4) is 0 Å². The van der Waals surface area contributed by atoms with Gasteiger partial charge in [0.15, 0.2) is 5.78 Å². The van der Waals surface area contributed by atoms with Gasteiger partial charge < -0.3 is 4.90 Å². The lowest BCUT2D eigenvalue weighted by atomic mass is 9.98. The first-order chi connectivity index (χ1) is 9.88. The van der Waals surface area contributed by atoms with Gasteiger partial charge in [-0.05, 0) is 62.3 Å². The Kier molecular flexibility index (Phi) is 4.81. The molecule has 1 saturated heterocycles. The van der Waals surface area contributed by atoms with Crippen LogP contribution in [0.5, 0.6) is 0 Å². The van der Waals surface area contributed by atoms with Crippen LogP contribution in [0.1, 0.15) is 53.2 Å². The number of carbonyl (C=O) groups is 2. The van der Waals surface area contributed by atoms with E-state index in [-0.39, 0.29) is 18.2 Å². The first-order valence-electron chi connectivity index (χ1n) is 7.77. The molecule has 1 aliphatic heterocycles. The molecule has 0 bridgehead atoms. The van der Waals surface area contributed by atoms with Crippen molar-refractivity contribution in [1.29, 1.82) is 0 Å². The van der Waals surface area contributed by atoms with Crippen LogP contribution in [0, 0.1) is 26.7 Å². The molecule has 2 rings (SSSR count). The van der Waals surface area contributed by atoms with Crippen LogP contribution in [0.15, 0.2) is 12.1 Å². The molecule has 21 heavy (non-hydrogen) atoms. The minimum absolute atomic E-state index is 0.0542. The van der Waals surface area contributed by atoms with Crippen LogP contribution < -0.4 is 0 Å². The summed E-state index contributed by atoms with van der Waals surface area (Å²) in [6.45, 7) is 9.13. The number of benzene rings is 1. The molecule has 1 amide bonds. The summed E-state index contributed by atoms with van der Waals surface area (Å²) in [4.78, 5) is 26.4. The second-order valence-electron chi connectivity index (χ2n) is 6.42. The van der Waals surface area contributed by atoms with E-state index in [2.05, 4.69) is 19.9 Å². The summed E-state index contributed by atoms with van der Waals surface area (Å²) in [6.07, 6.45) is 2.50. The molecule has 1 fully saturated rings. The Bertz CT molecular complexity index is 563. The van der Waals surface area contributed by atoms with Gasteiger partial charge >= 0.3 is 0 Å². The highest BCUT2D eigenvalue weighted by Crippen LogP contribution is 2.20. The topological polar surface area (TPSA) is 37.4 Å². The maximum absolute atomic E-state index is 12.5. The standard InChI is InChI=1S/C18H25NO2/c1-12-5-6-18(21)19(8-7-12)11-17(20)16-10-14(3)13(2)9-15(16)4/h9-10,12H,5-8,11H2,1-4H3. The lowest BCUT2D eigenvalue weighted by molar-refractivity contribution is -0.130. The van der Waals surface area contributed by atoms with Gasteiger partial charge in [-0.1, -0.05) is 13.0 Å². The van der Waals surface area contributed by atoms with E-state index in [4.69, 9.17) is 0 Å². The SMILES string of the molecule is Cc1cc(C)c(C(=O)CN2CCC(C)CCC2=O)cc1C. The predicted octanol–water partition coefficient (Wildman–Crippen LogP) is 3.44. The second kappa shape index (κ2) is 6.42. The summed E-state index contributed by atoms with van der Waals surface area (Å²) in [5, 5.41) is 0. The van der Waals surface area contributed by atoms with Gasteiger partial charge in [0.25, 0.3) is 0 Å². The molecular formula is C18H25NO2. The Hall–Kier alpha value is -1.64. The Morgan fingerprint density at radius 2 is 1.81 bits per heavy atom. The Morgan fingerprint density at radius 3 is 2.52 bits per heavy atom. The predicted molar refractivity (Wildman–Crippen MR) is 84.6 cm³/mol. The molecule has 1 aromatic rings. The van der Waals surface area contributed by atoms with Gasteiger partial charge in [-0.3, -0.25) is 9.59 Å². The average Bonchev–Trinajstić information content (AvgIpc) is 2.58. The molecule has 1 aliphatic rings. The maximum atomic E-state index is 12.5. The first-order valence-corrected chi connectivity index (χ1v) is 7.77. The smallest absolute Gasteiger partial charge is 0.222 e. The van der Waals surface area contributed by atoms with E-state index in [9.17, 15) is 9.59 Å². The van der Waals surface area contributed by atoms with Gasteiger partial charge in [0.05, 0.1) is 6.54 Å². The van der Waals surface area contributed by atoms with Gasteiger partial charge in [-0.25, -0.2) is 0 Å². The lowest BCUT2D eigenvalue weighted by Gasteiger charge is -2.20. The van der Waals surface area contributed by atoms with Crippen molar-refractivity contribution in [2.75, 3.05) is 13.1 Å². The van der Waals surface area contributed by atoms with Crippen molar-refractivity contribution >= 4 is 11.7 Å². The van der Waals surface area contributed by atoms with Crippen LogP contribution in [0.2, 0.25) is 0 Å². The summed E-state index contributed by atoms with van der Waals surface area (Å²) in [5.41, 5.74) is 4.07. The van der Waals surface area contributed by atoms with Crippen LogP contribution in [-0.2, 0) is 4.79 Å². The minimum Gasteiger partial charge on any atom is -0.335 e. The lowest BCUT2D eigenvalue weighted by Crippen LogP contribution is -2.35. The third-order valence-electron chi connectivity index (χ3n) is 4.57. The zero-order valence-corrected chi connectivity index (χ0v) is 13.5. The number of ketones is 1. The Balaban J connectivity index is 2.14. The monoisotopic (exact) mass is 287 g/mol. The van der Waals surface area contributed by atoms with E-state index >= 15 is 0 Å². The van der Waals surface area contributed by atoms with Crippen LogP contribution in [0.3, 0.4) is 0 Å². The molecule has 114 valence electrons. The highest BCUT2D eigenvalue weighted by Gasteiger charge is 2.23. The fourth-order valence-electron chi connectivity index (χ4n) is 2.86. The van der Waals surface area contributed by atoms with Gasteiger partial charge in [-0.15, -0.1) is 0 Å². The number of aryl methyl sites for hydroxylation is 3. The molecular weight excluding hydrogens is 262 g/mol. The van der Waals surface area contributed by atoms with Crippen molar-refractivity contribution in [2.45, 2.75) is 47.0 Å². The third kappa shape index (κ3) is 3.72. The van der Waals surface area contributed by atoms with E-state index in [0.29, 0.717) is 18.9 Å². The summed E-state index contributed by atoms with van der Waals surface area (Å²) in [5.74, 6) is 0.741. The first kappa shape index (κ1) is 15.7. The molecule has 3 nitrogen and oxygen atoms in total. The van der Waals surface area contributed by atoms with Crippen LogP contribution >= 0.6 is 0 Å². The van der Waals surface area contributed by atoms with Gasteiger partial charge in [0.1, 0.15) is 0 Å². The largest absolute Gasteiger partial charge is 0.335 e. The molecule has 1 atom stereocenters. The van der Waals surface area contributed by atoms with Gasteiger partial charge in [-0.2, -0.15) is 0 Å². The van der Waals surface area contributed by atoms with Crippen molar-refractivity contribution in [3.63, 3.8) is 0 Å². The molecule has 1 heterocycles. The minimum atomic E-state index is 0.0542. The number of rotatable bonds is 3. The van der Waals surface area contributed by atoms with Crippen molar-refractivity contribution in [1.82, 2.24) is 4.90 Å². The highest BCUT2D eigenvalue weighted by atomic mass is 16.2. The van der Waals surface area contributed by atoms with Crippen molar-refractivity contribution < 1.29 is 9.59 Å². The van der Waals surface area contributed by atoms with Gasteiger partial charge in [0.2, 0.25) is 5.91 Å². The molecule has 0 radical (unpaired) electrons. The number of carbonyl (C=O) groups excluding carboxylic acids is 2. The summed E-state index contributed by atoms with van der Waals surface area (Å²) in [7, 11) is 0. The van der Waals surface area contributed by atoms with E-state index in [1.807, 2.05) is 19.9 Å². The summed E-state index contributed by atoms with van der Waals surface area (Å²) in [6, 6.07) is 4.01. The van der Waals surface area contributed by atoms with E-state index in [1.165, 1.54) is 5.56 Å². The molecule has 1 aromatic carbocycles. The highest BCUT2D eigenvalue weighted by molar-refractivity contribution is 6.00. The number of likely N-dealkylation sites (tertiary alicyclic amines) is 1. The van der Waals surface area contributed by atoms with E-state index in [1.54, 1.807) is 4.90 Å². The fourth-order valence-corrected chi connectivity index (χ4v) is 2.86. The number of amides is 1. The van der Waals surface area contributed by atoms with Crippen molar-refractivity contribution in [3.05, 3.63) is 34.4 Å². The van der Waals surface area contributed by atoms with Gasteiger partial charge in [0, 0.05) is 18.5 Å². The number of hydrogen-bond acceptors (Lipinski definition) is 2.